The summed E-state index contributed by atoms with van der Waals surface area (Å²) in [5.41, 5.74) is 1.31. The normalized spacial score (nSPS) is 15.1. The highest BCUT2D eigenvalue weighted by Gasteiger charge is 2.20. The Labute approximate surface area is 102 Å². The summed E-state index contributed by atoms with van der Waals surface area (Å²) in [6.07, 6.45) is 5.21. The van der Waals surface area contributed by atoms with Crippen LogP contribution in [0.2, 0.25) is 0 Å². The van der Waals surface area contributed by atoms with Gasteiger partial charge >= 0.3 is 5.97 Å². The van der Waals surface area contributed by atoms with Gasteiger partial charge in [0.05, 0.1) is 6.42 Å². The van der Waals surface area contributed by atoms with E-state index in [4.69, 9.17) is 5.11 Å². The molecule has 0 aromatic carbocycles. The molecule has 0 atom stereocenters. The van der Waals surface area contributed by atoms with Crippen molar-refractivity contribution in [1.82, 2.24) is 14.6 Å². The van der Waals surface area contributed by atoms with Gasteiger partial charge in [-0.3, -0.25) is 9.20 Å². The number of aromatic nitrogens is 3. The highest BCUT2D eigenvalue weighted by Crippen LogP contribution is 2.30. The van der Waals surface area contributed by atoms with Crippen LogP contribution >= 0.6 is 11.3 Å². The van der Waals surface area contributed by atoms with E-state index in [1.54, 1.807) is 11.3 Å². The molecule has 0 radical (unpaired) electrons. The van der Waals surface area contributed by atoms with E-state index in [-0.39, 0.29) is 6.42 Å². The quantitative estimate of drug-likeness (QED) is 0.901. The van der Waals surface area contributed by atoms with E-state index in [1.807, 2.05) is 0 Å². The number of aryl methyl sites for hydroxylation is 3. The van der Waals surface area contributed by atoms with Gasteiger partial charge in [0.2, 0.25) is 4.96 Å². The Bertz CT molecular complexity index is 573. The summed E-state index contributed by atoms with van der Waals surface area (Å²) < 4.78 is 2.07. The molecule has 0 spiro atoms. The van der Waals surface area contributed by atoms with Gasteiger partial charge in [-0.25, -0.2) is 0 Å². The molecule has 0 saturated heterocycles. The Kier molecular flexibility index (Phi) is 2.58. The molecule has 1 aliphatic rings. The summed E-state index contributed by atoms with van der Waals surface area (Å²) in [6, 6.07) is 0. The van der Waals surface area contributed by atoms with E-state index in [1.165, 1.54) is 23.4 Å². The van der Waals surface area contributed by atoms with Gasteiger partial charge in [-0.15, -0.1) is 10.2 Å². The molecule has 1 N–H and O–H groups in total. The Morgan fingerprint density at radius 1 is 1.35 bits per heavy atom. The fourth-order valence-electron chi connectivity index (χ4n) is 2.34. The summed E-state index contributed by atoms with van der Waals surface area (Å²) in [4.78, 5) is 12.9. The number of thiazole rings is 1. The molecule has 17 heavy (non-hydrogen) atoms. The fourth-order valence-corrected chi connectivity index (χ4v) is 3.50. The minimum absolute atomic E-state index is 0.116. The molecular weight excluding hydrogens is 238 g/mol. The van der Waals surface area contributed by atoms with Crippen LogP contribution in [-0.2, 0) is 24.1 Å². The number of nitrogens with zero attached hydrogens (tertiary/aromatic N) is 3. The third-order valence-electron chi connectivity index (χ3n) is 3.14. The van der Waals surface area contributed by atoms with Crippen molar-refractivity contribution in [3.63, 3.8) is 0 Å². The maximum Gasteiger partial charge on any atom is 0.303 e. The number of hydrogen-bond donors (Lipinski definition) is 1. The second-order valence-corrected chi connectivity index (χ2v) is 5.37. The topological polar surface area (TPSA) is 67.5 Å². The Morgan fingerprint density at radius 2 is 2.18 bits per heavy atom. The molecular formula is C11H13N3O2S. The lowest BCUT2D eigenvalue weighted by molar-refractivity contribution is -0.137. The second-order valence-electron chi connectivity index (χ2n) is 4.31. The van der Waals surface area contributed by atoms with Gasteiger partial charge in [0, 0.05) is 17.0 Å². The van der Waals surface area contributed by atoms with Crippen molar-refractivity contribution in [2.75, 3.05) is 0 Å². The lowest BCUT2D eigenvalue weighted by atomic mass is 10.0. The van der Waals surface area contributed by atoms with E-state index in [9.17, 15) is 4.79 Å². The van der Waals surface area contributed by atoms with E-state index in [2.05, 4.69) is 14.6 Å². The zero-order valence-corrected chi connectivity index (χ0v) is 10.2. The second kappa shape index (κ2) is 4.10. The van der Waals surface area contributed by atoms with Gasteiger partial charge < -0.3 is 5.11 Å². The molecule has 2 aromatic rings. The van der Waals surface area contributed by atoms with Crippen LogP contribution < -0.4 is 0 Å². The number of carboxylic acid groups (broad SMARTS) is 1. The van der Waals surface area contributed by atoms with Gasteiger partial charge in [-0.1, -0.05) is 11.3 Å². The molecule has 5 nitrogen and oxygen atoms in total. The number of fused-ring (bicyclic) bond motifs is 3. The number of hydrogen-bond acceptors (Lipinski definition) is 4. The number of aliphatic carboxylic acids is 1. The molecule has 2 aromatic heterocycles. The first-order chi connectivity index (χ1) is 8.25. The Balaban J connectivity index is 2.01. The first-order valence-corrected chi connectivity index (χ1v) is 6.63. The standard InChI is InChI=1S/C11H13N3O2S/c15-10(16)6-5-9-12-13-11-14(9)7-3-1-2-4-8(7)17-11/h1-6H2,(H,15,16). The molecule has 0 amide bonds. The van der Waals surface area contributed by atoms with Gasteiger partial charge in [0.15, 0.2) is 0 Å². The van der Waals surface area contributed by atoms with E-state index in [0.717, 1.165) is 23.6 Å². The van der Waals surface area contributed by atoms with Crippen molar-refractivity contribution in [3.05, 3.63) is 16.4 Å². The summed E-state index contributed by atoms with van der Waals surface area (Å²) in [5, 5.41) is 17.0. The maximum atomic E-state index is 10.6. The van der Waals surface area contributed by atoms with Gasteiger partial charge in [-0.2, -0.15) is 0 Å². The van der Waals surface area contributed by atoms with E-state index >= 15 is 0 Å². The lowest BCUT2D eigenvalue weighted by Crippen LogP contribution is -2.07. The van der Waals surface area contributed by atoms with Gasteiger partial charge in [0.1, 0.15) is 5.82 Å². The molecule has 6 heteroatoms. The van der Waals surface area contributed by atoms with Crippen molar-refractivity contribution in [2.24, 2.45) is 0 Å². The smallest absolute Gasteiger partial charge is 0.303 e. The third-order valence-corrected chi connectivity index (χ3v) is 4.27. The van der Waals surface area contributed by atoms with E-state index < -0.39 is 5.97 Å². The van der Waals surface area contributed by atoms with Crippen LogP contribution in [0, 0.1) is 0 Å². The Morgan fingerprint density at radius 3 is 3.00 bits per heavy atom. The van der Waals surface area contributed by atoms with Crippen molar-refractivity contribution in [3.8, 4) is 0 Å². The highest BCUT2D eigenvalue weighted by atomic mass is 32.1. The van der Waals surface area contributed by atoms with Gasteiger partial charge in [-0.05, 0) is 25.7 Å². The first kappa shape index (κ1) is 10.7. The van der Waals surface area contributed by atoms with Crippen LogP contribution in [0.25, 0.3) is 4.96 Å². The molecule has 0 fully saturated rings. The zero-order chi connectivity index (χ0) is 11.8. The molecule has 0 bridgehead atoms. The molecule has 0 aliphatic heterocycles. The number of rotatable bonds is 3. The largest absolute Gasteiger partial charge is 0.481 e. The molecule has 0 saturated carbocycles. The predicted octanol–water partition coefficient (Wildman–Crippen LogP) is 1.69. The lowest BCUT2D eigenvalue weighted by Gasteiger charge is -2.10. The van der Waals surface area contributed by atoms with Crippen molar-refractivity contribution in [1.29, 1.82) is 0 Å². The fraction of sp³-hybridized carbons (Fsp3) is 0.545. The monoisotopic (exact) mass is 251 g/mol. The minimum atomic E-state index is -0.786. The highest BCUT2D eigenvalue weighted by molar-refractivity contribution is 7.17. The number of carbonyl (C=O) groups is 1. The molecule has 2 heterocycles. The van der Waals surface area contributed by atoms with Crippen molar-refractivity contribution < 1.29 is 9.90 Å². The Hall–Kier alpha value is -1.43. The average molecular weight is 251 g/mol. The minimum Gasteiger partial charge on any atom is -0.481 e. The molecule has 0 unspecified atom stereocenters. The summed E-state index contributed by atoms with van der Waals surface area (Å²) in [5.74, 6) is 0.00708. The number of carboxylic acids is 1. The third kappa shape index (κ3) is 1.82. The maximum absolute atomic E-state index is 10.6. The SMILES string of the molecule is O=C(O)CCc1nnc2sc3c(n12)CCCC3. The average Bonchev–Trinajstić information content (AvgIpc) is 2.84. The van der Waals surface area contributed by atoms with Crippen LogP contribution in [0.3, 0.4) is 0 Å². The van der Waals surface area contributed by atoms with Crippen molar-refractivity contribution in [2.45, 2.75) is 38.5 Å². The van der Waals surface area contributed by atoms with Crippen LogP contribution in [0.1, 0.15) is 35.7 Å². The van der Waals surface area contributed by atoms with Crippen LogP contribution in [0.5, 0.6) is 0 Å². The zero-order valence-electron chi connectivity index (χ0n) is 9.35. The van der Waals surface area contributed by atoms with Gasteiger partial charge in [0.25, 0.3) is 0 Å². The first-order valence-electron chi connectivity index (χ1n) is 5.82. The van der Waals surface area contributed by atoms with E-state index in [0.29, 0.717) is 6.42 Å². The predicted molar refractivity (Wildman–Crippen MR) is 63.5 cm³/mol. The molecule has 3 rings (SSSR count). The summed E-state index contributed by atoms with van der Waals surface area (Å²) >= 11 is 1.70. The molecule has 1 aliphatic carbocycles. The van der Waals surface area contributed by atoms with Crippen LogP contribution in [-0.4, -0.2) is 25.7 Å². The van der Waals surface area contributed by atoms with Crippen molar-refractivity contribution >= 4 is 22.3 Å². The van der Waals surface area contributed by atoms with Crippen LogP contribution in [0.15, 0.2) is 0 Å². The van der Waals surface area contributed by atoms with Crippen LogP contribution in [0.4, 0.5) is 0 Å². The molecule has 90 valence electrons. The summed E-state index contributed by atoms with van der Waals surface area (Å²) in [6.45, 7) is 0. The summed E-state index contributed by atoms with van der Waals surface area (Å²) in [7, 11) is 0.